The number of aryl methyl sites for hydroxylation is 1. The van der Waals surface area contributed by atoms with Crippen LogP contribution in [0.1, 0.15) is 110 Å². The maximum Gasteiger partial charge on any atom is 0.337 e. The average molecular weight is 503 g/mol. The minimum Gasteiger partial charge on any atom is -0.465 e. The zero-order chi connectivity index (χ0) is 25.7. The molecular formula is C30H43ClO4. The second kappa shape index (κ2) is 19.9. The molecule has 0 heterocycles. The molecule has 0 aromatic heterocycles. The van der Waals surface area contributed by atoms with Crippen molar-refractivity contribution >= 4 is 23.5 Å². The monoisotopic (exact) mass is 502 g/mol. The zero-order valence-electron chi connectivity index (χ0n) is 21.8. The normalized spacial score (nSPS) is 10.3. The van der Waals surface area contributed by atoms with Crippen molar-refractivity contribution in [2.45, 2.75) is 90.4 Å². The summed E-state index contributed by atoms with van der Waals surface area (Å²) in [5, 5.41) is 0.609. The number of ether oxygens (including phenoxy) is 2. The highest BCUT2D eigenvalue weighted by molar-refractivity contribution is 6.30. The third-order valence-corrected chi connectivity index (χ3v) is 6.21. The van der Waals surface area contributed by atoms with Gasteiger partial charge in [0.25, 0.3) is 0 Å². The second-order valence-corrected chi connectivity index (χ2v) is 9.26. The van der Waals surface area contributed by atoms with Crippen LogP contribution in [0.5, 0.6) is 0 Å². The first-order chi connectivity index (χ1) is 17.0. The Labute approximate surface area is 217 Å². The predicted octanol–water partition coefficient (Wildman–Crippen LogP) is 8.84. The molecule has 2 aromatic carbocycles. The lowest BCUT2D eigenvalue weighted by atomic mass is 10.0. The third-order valence-electron chi connectivity index (χ3n) is 5.96. The third kappa shape index (κ3) is 14.6. The number of hydrogen-bond acceptors (Lipinski definition) is 4. The van der Waals surface area contributed by atoms with Crippen LogP contribution in [0.25, 0.3) is 0 Å². The summed E-state index contributed by atoms with van der Waals surface area (Å²) in [6.07, 6.45) is 17.7. The minimum atomic E-state index is -0.346. The highest BCUT2D eigenvalue weighted by atomic mass is 35.5. The van der Waals surface area contributed by atoms with Gasteiger partial charge < -0.3 is 9.47 Å². The van der Waals surface area contributed by atoms with E-state index in [9.17, 15) is 9.59 Å². The Balaban J connectivity index is 0.000000462. The number of benzene rings is 2. The van der Waals surface area contributed by atoms with Crippen molar-refractivity contribution in [3.05, 3.63) is 70.2 Å². The smallest absolute Gasteiger partial charge is 0.337 e. The summed E-state index contributed by atoms with van der Waals surface area (Å²) in [7, 11) is 2.76. The van der Waals surface area contributed by atoms with Crippen LogP contribution < -0.4 is 0 Å². The Bertz CT molecular complexity index is 815. The van der Waals surface area contributed by atoms with E-state index < -0.39 is 0 Å². The van der Waals surface area contributed by atoms with E-state index in [0.29, 0.717) is 16.1 Å². The first kappa shape index (κ1) is 30.7. The fourth-order valence-corrected chi connectivity index (χ4v) is 3.93. The molecule has 0 aliphatic rings. The molecule has 4 nitrogen and oxygen atoms in total. The van der Waals surface area contributed by atoms with Gasteiger partial charge in [-0.15, -0.1) is 0 Å². The highest BCUT2D eigenvalue weighted by Crippen LogP contribution is 2.14. The van der Waals surface area contributed by atoms with Gasteiger partial charge in [0, 0.05) is 5.02 Å². The van der Waals surface area contributed by atoms with Crippen molar-refractivity contribution in [3.8, 4) is 0 Å². The van der Waals surface area contributed by atoms with Crippen LogP contribution in [0.3, 0.4) is 0 Å². The van der Waals surface area contributed by atoms with E-state index in [4.69, 9.17) is 16.3 Å². The first-order valence-electron chi connectivity index (χ1n) is 13.0. The van der Waals surface area contributed by atoms with E-state index in [-0.39, 0.29) is 11.9 Å². The van der Waals surface area contributed by atoms with Crippen molar-refractivity contribution < 1.29 is 19.1 Å². The summed E-state index contributed by atoms with van der Waals surface area (Å²) in [6.45, 7) is 2.28. The van der Waals surface area contributed by atoms with Gasteiger partial charge >= 0.3 is 11.9 Å². The maximum atomic E-state index is 11.4. The van der Waals surface area contributed by atoms with Gasteiger partial charge in [-0.1, -0.05) is 101 Å². The summed E-state index contributed by atoms with van der Waals surface area (Å²) in [5.74, 6) is -0.603. The molecule has 0 spiro atoms. The Morgan fingerprint density at radius 2 is 0.971 bits per heavy atom. The van der Waals surface area contributed by atoms with Crippen molar-refractivity contribution in [3.63, 3.8) is 0 Å². The summed E-state index contributed by atoms with van der Waals surface area (Å²) in [5.41, 5.74) is 2.46. The van der Waals surface area contributed by atoms with Crippen LogP contribution in [0.2, 0.25) is 5.02 Å². The number of carbonyl (C=O) groups is 2. The molecule has 0 radical (unpaired) electrons. The number of hydrogen-bond donors (Lipinski definition) is 0. The second-order valence-electron chi connectivity index (χ2n) is 8.83. The molecule has 0 unspecified atom stereocenters. The lowest BCUT2D eigenvalue weighted by molar-refractivity contribution is 0.0592. The lowest BCUT2D eigenvalue weighted by Crippen LogP contribution is -2.00. The van der Waals surface area contributed by atoms with Crippen LogP contribution in [0.4, 0.5) is 0 Å². The molecule has 194 valence electrons. The highest BCUT2D eigenvalue weighted by Gasteiger charge is 2.04. The lowest BCUT2D eigenvalue weighted by Gasteiger charge is -2.04. The SMILES string of the molecule is CCCCCCCCCCCCCCc1ccc(C(=O)OC)cc1.COC(=O)c1ccc(Cl)cc1. The van der Waals surface area contributed by atoms with Crippen LogP contribution in [-0.4, -0.2) is 26.2 Å². The van der Waals surface area contributed by atoms with Gasteiger partial charge in [-0.2, -0.15) is 0 Å². The van der Waals surface area contributed by atoms with Crippen LogP contribution >= 0.6 is 11.6 Å². The number of esters is 2. The number of rotatable bonds is 15. The van der Waals surface area contributed by atoms with Crippen molar-refractivity contribution in [2.24, 2.45) is 0 Å². The molecule has 35 heavy (non-hydrogen) atoms. The van der Waals surface area contributed by atoms with Crippen LogP contribution in [0, 0.1) is 0 Å². The van der Waals surface area contributed by atoms with Gasteiger partial charge in [0.15, 0.2) is 0 Å². The summed E-state index contributed by atoms with van der Waals surface area (Å²) in [6, 6.07) is 14.4. The fraction of sp³-hybridized carbons (Fsp3) is 0.533. The molecule has 5 heteroatoms. The Morgan fingerprint density at radius 3 is 1.37 bits per heavy atom. The molecular weight excluding hydrogens is 460 g/mol. The molecule has 0 bridgehead atoms. The van der Waals surface area contributed by atoms with Crippen molar-refractivity contribution in [2.75, 3.05) is 14.2 Å². The Hall–Kier alpha value is -2.33. The van der Waals surface area contributed by atoms with E-state index in [1.54, 1.807) is 24.3 Å². The molecule has 0 aliphatic heterocycles. The van der Waals surface area contributed by atoms with E-state index in [1.165, 1.54) is 96.8 Å². The molecule has 0 fully saturated rings. The molecule has 0 amide bonds. The average Bonchev–Trinajstić information content (AvgIpc) is 2.89. The molecule has 0 saturated heterocycles. The van der Waals surface area contributed by atoms with Crippen LogP contribution in [-0.2, 0) is 15.9 Å². The quantitative estimate of drug-likeness (QED) is 0.180. The molecule has 0 atom stereocenters. The van der Waals surface area contributed by atoms with Crippen molar-refractivity contribution in [1.29, 1.82) is 0 Å². The van der Waals surface area contributed by atoms with E-state index in [2.05, 4.69) is 11.7 Å². The van der Waals surface area contributed by atoms with Gasteiger partial charge in [-0.3, -0.25) is 0 Å². The number of methoxy groups -OCH3 is 2. The molecule has 0 aliphatic carbocycles. The fourth-order valence-electron chi connectivity index (χ4n) is 3.80. The molecule has 0 N–H and O–H groups in total. The Morgan fingerprint density at radius 1 is 0.600 bits per heavy atom. The summed E-state index contributed by atoms with van der Waals surface area (Å²) >= 11 is 5.61. The largest absolute Gasteiger partial charge is 0.465 e. The standard InChI is InChI=1S/C22H36O2.C8H7ClO2/c1-3-4-5-6-7-8-9-10-11-12-13-14-15-20-16-18-21(19-17-20)22(23)24-2;1-11-8(10)6-2-4-7(9)5-3-6/h16-19H,3-15H2,1-2H3;2-5H,1H3. The Kier molecular flexibility index (Phi) is 17.5. The maximum absolute atomic E-state index is 11.4. The van der Waals surface area contributed by atoms with E-state index >= 15 is 0 Å². The van der Waals surface area contributed by atoms with E-state index in [0.717, 1.165) is 6.42 Å². The summed E-state index contributed by atoms with van der Waals surface area (Å²) < 4.78 is 9.21. The predicted molar refractivity (Wildman–Crippen MR) is 145 cm³/mol. The first-order valence-corrected chi connectivity index (χ1v) is 13.4. The number of unbranched alkanes of at least 4 members (excludes halogenated alkanes) is 11. The van der Waals surface area contributed by atoms with Crippen molar-refractivity contribution in [1.82, 2.24) is 0 Å². The number of carbonyl (C=O) groups excluding carboxylic acids is 2. The summed E-state index contributed by atoms with van der Waals surface area (Å²) in [4.78, 5) is 22.2. The number of halogens is 1. The molecule has 2 aromatic rings. The van der Waals surface area contributed by atoms with Gasteiger partial charge in [0.2, 0.25) is 0 Å². The minimum absolute atomic E-state index is 0.257. The van der Waals surface area contributed by atoms with Gasteiger partial charge in [0.1, 0.15) is 0 Å². The van der Waals surface area contributed by atoms with Gasteiger partial charge in [0.05, 0.1) is 25.3 Å². The topological polar surface area (TPSA) is 52.6 Å². The van der Waals surface area contributed by atoms with Crippen LogP contribution in [0.15, 0.2) is 48.5 Å². The van der Waals surface area contributed by atoms with E-state index in [1.807, 2.05) is 24.3 Å². The van der Waals surface area contributed by atoms with Gasteiger partial charge in [-0.25, -0.2) is 9.59 Å². The van der Waals surface area contributed by atoms with Gasteiger partial charge in [-0.05, 0) is 54.8 Å². The molecule has 2 rings (SSSR count). The molecule has 0 saturated carbocycles. The zero-order valence-corrected chi connectivity index (χ0v) is 22.6.